The van der Waals surface area contributed by atoms with Gasteiger partial charge in [-0.15, -0.1) is 0 Å². The lowest BCUT2D eigenvalue weighted by Gasteiger charge is -2.25. The van der Waals surface area contributed by atoms with Crippen LogP contribution in [0.25, 0.3) is 0 Å². The van der Waals surface area contributed by atoms with Crippen molar-refractivity contribution in [1.82, 2.24) is 5.32 Å². The molecule has 16 heavy (non-hydrogen) atoms. The van der Waals surface area contributed by atoms with Crippen LogP contribution >= 0.6 is 11.6 Å². The maximum atomic E-state index is 6.29. The number of likely N-dealkylation sites (N-methyl/N-ethyl adjacent to an activating group) is 1. The predicted octanol–water partition coefficient (Wildman–Crippen LogP) is 3.79. The molecule has 1 aromatic carbocycles. The molecule has 0 amide bonds. The Morgan fingerprint density at radius 2 is 2.00 bits per heavy atom. The molecule has 90 valence electrons. The molecule has 0 unspecified atom stereocenters. The highest BCUT2D eigenvalue weighted by molar-refractivity contribution is 6.31. The Labute approximate surface area is 104 Å². The first-order valence-electron chi connectivity index (χ1n) is 5.94. The van der Waals surface area contributed by atoms with E-state index in [1.54, 1.807) is 0 Å². The smallest absolute Gasteiger partial charge is 0.0440 e. The van der Waals surface area contributed by atoms with E-state index in [-0.39, 0.29) is 5.41 Å². The van der Waals surface area contributed by atoms with Crippen LogP contribution in [0.15, 0.2) is 18.2 Å². The van der Waals surface area contributed by atoms with Crippen molar-refractivity contribution in [3.8, 4) is 0 Å². The summed E-state index contributed by atoms with van der Waals surface area (Å²) in [6.07, 6.45) is 2.20. The molecule has 1 nitrogen and oxygen atoms in total. The number of benzene rings is 1. The van der Waals surface area contributed by atoms with Gasteiger partial charge in [-0.25, -0.2) is 0 Å². The van der Waals surface area contributed by atoms with Crippen LogP contribution in [0.3, 0.4) is 0 Å². The topological polar surface area (TPSA) is 12.0 Å². The van der Waals surface area contributed by atoms with Gasteiger partial charge in [-0.05, 0) is 30.7 Å². The van der Waals surface area contributed by atoms with Gasteiger partial charge in [0.2, 0.25) is 0 Å². The molecule has 1 rings (SSSR count). The lowest BCUT2D eigenvalue weighted by atomic mass is 9.84. The Balaban J connectivity index is 2.96. The van der Waals surface area contributed by atoms with Crippen molar-refractivity contribution in [2.24, 2.45) is 0 Å². The van der Waals surface area contributed by atoms with Crippen molar-refractivity contribution < 1.29 is 0 Å². The first kappa shape index (κ1) is 13.5. The summed E-state index contributed by atoms with van der Waals surface area (Å²) in [4.78, 5) is 0. The third-order valence-electron chi connectivity index (χ3n) is 2.97. The van der Waals surface area contributed by atoms with Crippen LogP contribution in [0.4, 0.5) is 0 Å². The molecular formula is C14H22ClN. The van der Waals surface area contributed by atoms with Crippen molar-refractivity contribution in [2.75, 3.05) is 13.6 Å². The Morgan fingerprint density at radius 1 is 1.31 bits per heavy atom. The fraction of sp³-hybridized carbons (Fsp3) is 0.571. The van der Waals surface area contributed by atoms with E-state index in [1.807, 2.05) is 7.05 Å². The highest BCUT2D eigenvalue weighted by atomic mass is 35.5. The molecule has 1 N–H and O–H groups in total. The molecule has 0 bridgehead atoms. The molecule has 0 aliphatic carbocycles. The average Bonchev–Trinajstić information content (AvgIpc) is 2.21. The molecule has 0 aromatic heterocycles. The second-order valence-corrected chi connectivity index (χ2v) is 5.38. The van der Waals surface area contributed by atoms with E-state index in [0.717, 1.165) is 24.4 Å². The summed E-state index contributed by atoms with van der Waals surface area (Å²) < 4.78 is 0. The van der Waals surface area contributed by atoms with Crippen LogP contribution < -0.4 is 5.32 Å². The monoisotopic (exact) mass is 239 g/mol. The summed E-state index contributed by atoms with van der Waals surface area (Å²) in [6, 6.07) is 6.48. The molecule has 2 heteroatoms. The normalized spacial score (nSPS) is 11.8. The van der Waals surface area contributed by atoms with Crippen molar-refractivity contribution >= 4 is 11.6 Å². The van der Waals surface area contributed by atoms with Gasteiger partial charge in [-0.2, -0.15) is 0 Å². The summed E-state index contributed by atoms with van der Waals surface area (Å²) in [7, 11) is 1.98. The van der Waals surface area contributed by atoms with Gasteiger partial charge in [0.05, 0.1) is 0 Å². The van der Waals surface area contributed by atoms with Crippen LogP contribution in [0.2, 0.25) is 5.02 Å². The molecule has 0 heterocycles. The third kappa shape index (κ3) is 3.23. The lowest BCUT2D eigenvalue weighted by molar-refractivity contribution is 0.494. The van der Waals surface area contributed by atoms with E-state index in [2.05, 4.69) is 44.3 Å². The fourth-order valence-corrected chi connectivity index (χ4v) is 2.26. The van der Waals surface area contributed by atoms with Crippen LogP contribution in [-0.2, 0) is 11.8 Å². The van der Waals surface area contributed by atoms with E-state index in [4.69, 9.17) is 11.6 Å². The third-order valence-corrected chi connectivity index (χ3v) is 3.32. The predicted molar refractivity (Wildman–Crippen MR) is 72.4 cm³/mol. The van der Waals surface area contributed by atoms with E-state index in [1.165, 1.54) is 11.1 Å². The number of nitrogens with one attached hydrogen (secondary N) is 1. The first-order valence-corrected chi connectivity index (χ1v) is 6.32. The Hall–Kier alpha value is -0.530. The van der Waals surface area contributed by atoms with E-state index in [0.29, 0.717) is 0 Å². The maximum absolute atomic E-state index is 6.29. The standard InChI is InChI=1S/C14H22ClN/c1-5-6-11-7-8-12(9-13(11)15)14(2,3)10-16-4/h7-9,16H,5-6,10H2,1-4H3. The van der Waals surface area contributed by atoms with Crippen LogP contribution in [-0.4, -0.2) is 13.6 Å². The number of hydrogen-bond acceptors (Lipinski definition) is 1. The van der Waals surface area contributed by atoms with Gasteiger partial charge in [0.15, 0.2) is 0 Å². The number of halogens is 1. The molecule has 0 fully saturated rings. The largest absolute Gasteiger partial charge is 0.319 e. The summed E-state index contributed by atoms with van der Waals surface area (Å²) >= 11 is 6.29. The van der Waals surface area contributed by atoms with Gasteiger partial charge in [-0.1, -0.05) is 50.9 Å². The van der Waals surface area contributed by atoms with Crippen LogP contribution in [0, 0.1) is 0 Å². The zero-order valence-electron chi connectivity index (χ0n) is 10.7. The van der Waals surface area contributed by atoms with Crippen molar-refractivity contribution in [3.63, 3.8) is 0 Å². The quantitative estimate of drug-likeness (QED) is 0.825. The highest BCUT2D eigenvalue weighted by Crippen LogP contribution is 2.27. The number of hydrogen-bond donors (Lipinski definition) is 1. The van der Waals surface area contributed by atoms with E-state index < -0.39 is 0 Å². The maximum Gasteiger partial charge on any atom is 0.0440 e. The van der Waals surface area contributed by atoms with Crippen molar-refractivity contribution in [2.45, 2.75) is 39.0 Å². The Kier molecular flexibility index (Phi) is 4.82. The minimum Gasteiger partial charge on any atom is -0.319 e. The Bertz CT molecular complexity index is 345. The van der Waals surface area contributed by atoms with Crippen molar-refractivity contribution in [3.05, 3.63) is 34.3 Å². The van der Waals surface area contributed by atoms with E-state index >= 15 is 0 Å². The molecular weight excluding hydrogens is 218 g/mol. The highest BCUT2D eigenvalue weighted by Gasteiger charge is 2.20. The van der Waals surface area contributed by atoms with Crippen molar-refractivity contribution in [1.29, 1.82) is 0 Å². The zero-order chi connectivity index (χ0) is 12.2. The molecule has 0 saturated heterocycles. The minimum absolute atomic E-state index is 0.128. The molecule has 0 aliphatic heterocycles. The van der Waals surface area contributed by atoms with Crippen LogP contribution in [0.5, 0.6) is 0 Å². The molecule has 0 atom stereocenters. The summed E-state index contributed by atoms with van der Waals surface area (Å²) in [5.74, 6) is 0. The molecule has 0 radical (unpaired) electrons. The van der Waals surface area contributed by atoms with Gasteiger partial charge in [0, 0.05) is 17.0 Å². The second kappa shape index (κ2) is 5.70. The van der Waals surface area contributed by atoms with Gasteiger partial charge >= 0.3 is 0 Å². The molecule has 1 aromatic rings. The summed E-state index contributed by atoms with van der Waals surface area (Å²) in [6.45, 7) is 7.59. The van der Waals surface area contributed by atoms with Gasteiger partial charge in [-0.3, -0.25) is 0 Å². The first-order chi connectivity index (χ1) is 7.51. The summed E-state index contributed by atoms with van der Waals surface area (Å²) in [5, 5.41) is 4.13. The molecule has 0 saturated carbocycles. The zero-order valence-corrected chi connectivity index (χ0v) is 11.5. The fourth-order valence-electron chi connectivity index (χ4n) is 1.98. The average molecular weight is 240 g/mol. The molecule has 0 spiro atoms. The van der Waals surface area contributed by atoms with Gasteiger partial charge in [0.1, 0.15) is 0 Å². The molecule has 0 aliphatic rings. The second-order valence-electron chi connectivity index (χ2n) is 4.97. The van der Waals surface area contributed by atoms with Crippen LogP contribution in [0.1, 0.15) is 38.3 Å². The number of rotatable bonds is 5. The summed E-state index contributed by atoms with van der Waals surface area (Å²) in [5.41, 5.74) is 2.68. The van der Waals surface area contributed by atoms with E-state index in [9.17, 15) is 0 Å². The lowest BCUT2D eigenvalue weighted by Crippen LogP contribution is -2.30. The Morgan fingerprint density at radius 3 is 2.50 bits per heavy atom. The number of aryl methyl sites for hydroxylation is 1. The van der Waals surface area contributed by atoms with Gasteiger partial charge < -0.3 is 5.32 Å². The SMILES string of the molecule is CCCc1ccc(C(C)(C)CNC)cc1Cl. The minimum atomic E-state index is 0.128. The van der Waals surface area contributed by atoms with Gasteiger partial charge in [0.25, 0.3) is 0 Å².